The van der Waals surface area contributed by atoms with E-state index in [0.29, 0.717) is 34.5 Å². The van der Waals surface area contributed by atoms with Crippen LogP contribution in [-0.2, 0) is 0 Å². The first kappa shape index (κ1) is 18.8. The van der Waals surface area contributed by atoms with Crippen molar-refractivity contribution in [1.82, 2.24) is 20.4 Å². The lowest BCUT2D eigenvalue weighted by Gasteiger charge is -2.12. The van der Waals surface area contributed by atoms with Crippen LogP contribution in [0.5, 0.6) is 0 Å². The summed E-state index contributed by atoms with van der Waals surface area (Å²) < 4.78 is 5.29. The van der Waals surface area contributed by atoms with E-state index in [0.717, 1.165) is 29.7 Å². The highest BCUT2D eigenvalue weighted by Gasteiger charge is 2.30. The zero-order valence-electron chi connectivity index (χ0n) is 16.6. The summed E-state index contributed by atoms with van der Waals surface area (Å²) in [5.41, 5.74) is 3.98. The molecule has 0 radical (unpaired) electrons. The van der Waals surface area contributed by atoms with Gasteiger partial charge in [0.25, 0.3) is 5.91 Å². The quantitative estimate of drug-likeness (QED) is 0.710. The van der Waals surface area contributed by atoms with E-state index in [2.05, 4.69) is 26.5 Å². The monoisotopic (exact) mass is 387 g/mol. The third-order valence-electron chi connectivity index (χ3n) is 4.97. The molecule has 29 heavy (non-hydrogen) atoms. The third-order valence-corrected chi connectivity index (χ3v) is 4.97. The Morgan fingerprint density at radius 2 is 2.07 bits per heavy atom. The van der Waals surface area contributed by atoms with E-state index in [-0.39, 0.29) is 5.91 Å². The molecule has 146 valence electrons. The molecule has 1 N–H and O–H groups in total. The summed E-state index contributed by atoms with van der Waals surface area (Å²) >= 11 is 0. The topological polar surface area (TPSA) is 105 Å². The van der Waals surface area contributed by atoms with Crippen LogP contribution >= 0.6 is 0 Å². The smallest absolute Gasteiger partial charge is 0.251 e. The van der Waals surface area contributed by atoms with Crippen LogP contribution in [0.1, 0.15) is 70.6 Å². The average Bonchev–Trinajstić information content (AvgIpc) is 3.44. The molecule has 1 atom stereocenters. The molecule has 1 aliphatic rings. The Kier molecular flexibility index (Phi) is 4.85. The zero-order chi connectivity index (χ0) is 20.5. The van der Waals surface area contributed by atoms with Gasteiger partial charge in [-0.1, -0.05) is 17.3 Å². The predicted octanol–water partition coefficient (Wildman–Crippen LogP) is 3.99. The number of rotatable bonds is 5. The van der Waals surface area contributed by atoms with Gasteiger partial charge in [-0.3, -0.25) is 9.78 Å². The minimum Gasteiger partial charge on any atom is -0.341 e. The SMILES string of the molecule is Cc1cc(C)c(C#N)c(-c2cccc(C(=O)NC(C)c3nc(C4CC4)no3)c2)n1. The minimum atomic E-state index is -0.403. The van der Waals surface area contributed by atoms with Crippen LogP contribution in [0.4, 0.5) is 0 Å². The second kappa shape index (κ2) is 7.47. The molecule has 1 fully saturated rings. The summed E-state index contributed by atoms with van der Waals surface area (Å²) in [7, 11) is 0. The van der Waals surface area contributed by atoms with Gasteiger partial charge in [0.1, 0.15) is 12.1 Å². The van der Waals surface area contributed by atoms with Crippen LogP contribution < -0.4 is 5.32 Å². The Morgan fingerprint density at radius 1 is 1.28 bits per heavy atom. The van der Waals surface area contributed by atoms with Crippen molar-refractivity contribution < 1.29 is 9.32 Å². The number of hydrogen-bond donors (Lipinski definition) is 1. The van der Waals surface area contributed by atoms with Gasteiger partial charge < -0.3 is 9.84 Å². The van der Waals surface area contributed by atoms with Gasteiger partial charge in [-0.25, -0.2) is 0 Å². The maximum Gasteiger partial charge on any atom is 0.251 e. The number of nitrogens with zero attached hydrogens (tertiary/aromatic N) is 4. The number of hydrogen-bond acceptors (Lipinski definition) is 6. The molecule has 0 bridgehead atoms. The Bertz CT molecular complexity index is 1120. The van der Waals surface area contributed by atoms with E-state index in [4.69, 9.17) is 4.52 Å². The van der Waals surface area contributed by atoms with Crippen molar-refractivity contribution in [3.8, 4) is 17.3 Å². The summed E-state index contributed by atoms with van der Waals surface area (Å²) in [6.07, 6.45) is 2.17. The van der Waals surface area contributed by atoms with Crippen molar-refractivity contribution in [3.05, 3.63) is 64.4 Å². The highest BCUT2D eigenvalue weighted by atomic mass is 16.5. The molecule has 7 heteroatoms. The summed E-state index contributed by atoms with van der Waals surface area (Å²) in [6.45, 7) is 5.58. The van der Waals surface area contributed by atoms with Crippen molar-refractivity contribution in [2.24, 2.45) is 0 Å². The molecule has 0 spiro atoms. The minimum absolute atomic E-state index is 0.256. The summed E-state index contributed by atoms with van der Waals surface area (Å²) in [5, 5.41) is 16.4. The summed E-state index contributed by atoms with van der Waals surface area (Å²) in [6, 6.07) is 10.8. The van der Waals surface area contributed by atoms with Crippen LogP contribution in [0.3, 0.4) is 0 Å². The standard InChI is InChI=1S/C22H21N5O2/c1-12-9-13(2)24-19(18(12)11-23)16-5-4-6-17(10-16)21(28)25-14(3)22-26-20(27-29-22)15-7-8-15/h4-6,9-10,14-15H,7-8H2,1-3H3,(H,25,28). The Labute approximate surface area is 168 Å². The second-order valence-electron chi connectivity index (χ2n) is 7.46. The van der Waals surface area contributed by atoms with E-state index >= 15 is 0 Å². The number of nitriles is 1. The molecule has 1 amide bonds. The van der Waals surface area contributed by atoms with Gasteiger partial charge in [0.2, 0.25) is 5.89 Å². The molecular formula is C22H21N5O2. The van der Waals surface area contributed by atoms with E-state index in [1.807, 2.05) is 32.9 Å². The van der Waals surface area contributed by atoms with Gasteiger partial charge in [-0.05, 0) is 57.4 Å². The first-order valence-corrected chi connectivity index (χ1v) is 9.59. The van der Waals surface area contributed by atoms with E-state index in [9.17, 15) is 10.1 Å². The lowest BCUT2D eigenvalue weighted by Crippen LogP contribution is -2.26. The number of nitrogens with one attached hydrogen (secondary N) is 1. The lowest BCUT2D eigenvalue weighted by molar-refractivity contribution is 0.0932. The van der Waals surface area contributed by atoms with E-state index < -0.39 is 6.04 Å². The molecule has 2 aromatic heterocycles. The molecule has 2 heterocycles. The second-order valence-corrected chi connectivity index (χ2v) is 7.46. The van der Waals surface area contributed by atoms with Crippen molar-refractivity contribution in [3.63, 3.8) is 0 Å². The van der Waals surface area contributed by atoms with Crippen molar-refractivity contribution in [2.45, 2.75) is 45.6 Å². The van der Waals surface area contributed by atoms with Gasteiger partial charge in [-0.15, -0.1) is 0 Å². The molecule has 0 saturated heterocycles. The fourth-order valence-corrected chi connectivity index (χ4v) is 3.27. The maximum atomic E-state index is 12.8. The first-order valence-electron chi connectivity index (χ1n) is 9.59. The molecule has 1 aliphatic carbocycles. The van der Waals surface area contributed by atoms with Crippen LogP contribution in [0.2, 0.25) is 0 Å². The number of carbonyl (C=O) groups is 1. The Balaban J connectivity index is 1.57. The van der Waals surface area contributed by atoms with Gasteiger partial charge in [0.15, 0.2) is 5.82 Å². The van der Waals surface area contributed by atoms with E-state index in [1.54, 1.807) is 18.2 Å². The number of amides is 1. The molecule has 1 saturated carbocycles. The molecule has 0 aliphatic heterocycles. The number of aryl methyl sites for hydroxylation is 2. The fourth-order valence-electron chi connectivity index (χ4n) is 3.27. The van der Waals surface area contributed by atoms with Crippen molar-refractivity contribution in [2.75, 3.05) is 0 Å². The molecule has 7 nitrogen and oxygen atoms in total. The molecular weight excluding hydrogens is 366 g/mol. The predicted molar refractivity (Wildman–Crippen MR) is 106 cm³/mol. The maximum absolute atomic E-state index is 12.8. The normalized spacial score (nSPS) is 14.3. The lowest BCUT2D eigenvalue weighted by atomic mass is 10.00. The van der Waals surface area contributed by atoms with Crippen LogP contribution in [0, 0.1) is 25.2 Å². The highest BCUT2D eigenvalue weighted by molar-refractivity contribution is 5.95. The average molecular weight is 387 g/mol. The van der Waals surface area contributed by atoms with Crippen LogP contribution in [0.15, 0.2) is 34.9 Å². The van der Waals surface area contributed by atoms with Crippen LogP contribution in [-0.4, -0.2) is 21.0 Å². The highest BCUT2D eigenvalue weighted by Crippen LogP contribution is 2.38. The number of aromatic nitrogens is 3. The summed E-state index contributed by atoms with van der Waals surface area (Å²) in [4.78, 5) is 21.7. The molecule has 4 rings (SSSR count). The largest absolute Gasteiger partial charge is 0.341 e. The summed E-state index contributed by atoms with van der Waals surface area (Å²) in [5.74, 6) is 1.26. The third kappa shape index (κ3) is 3.87. The van der Waals surface area contributed by atoms with E-state index in [1.165, 1.54) is 0 Å². The van der Waals surface area contributed by atoms with Crippen molar-refractivity contribution >= 4 is 5.91 Å². The molecule has 3 aromatic rings. The van der Waals surface area contributed by atoms with Gasteiger partial charge >= 0.3 is 0 Å². The molecule has 1 aromatic carbocycles. The van der Waals surface area contributed by atoms with Crippen molar-refractivity contribution in [1.29, 1.82) is 5.26 Å². The Morgan fingerprint density at radius 3 is 2.79 bits per heavy atom. The first-order chi connectivity index (χ1) is 14.0. The number of benzene rings is 1. The molecule has 1 unspecified atom stereocenters. The zero-order valence-corrected chi connectivity index (χ0v) is 16.6. The Hall–Kier alpha value is -3.53. The van der Waals surface area contributed by atoms with Crippen LogP contribution in [0.25, 0.3) is 11.3 Å². The van der Waals surface area contributed by atoms with Gasteiger partial charge in [0, 0.05) is 22.7 Å². The van der Waals surface area contributed by atoms with Gasteiger partial charge in [-0.2, -0.15) is 10.2 Å². The van der Waals surface area contributed by atoms with Gasteiger partial charge in [0.05, 0.1) is 11.3 Å². The fraction of sp³-hybridized carbons (Fsp3) is 0.318. The number of carbonyl (C=O) groups excluding carboxylic acids is 1. The number of pyridine rings is 1.